The predicted octanol–water partition coefficient (Wildman–Crippen LogP) is 1.70. The standard InChI is InChI=1S/C12H20N2O2/c1-5-14-8-11(6-7-12(14)15)13-9(2)10(3)16-4/h6-10,13H,5H2,1-4H3. The average Bonchev–Trinajstić information content (AvgIpc) is 2.30. The number of rotatable bonds is 5. The molecule has 1 aromatic rings. The van der Waals surface area contributed by atoms with Crippen molar-refractivity contribution in [1.82, 2.24) is 4.57 Å². The number of nitrogens with zero attached hydrogens (tertiary/aromatic N) is 1. The van der Waals surface area contributed by atoms with Gasteiger partial charge in [-0.15, -0.1) is 0 Å². The summed E-state index contributed by atoms with van der Waals surface area (Å²) in [5.74, 6) is 0. The van der Waals surface area contributed by atoms with Gasteiger partial charge in [-0.2, -0.15) is 0 Å². The Labute approximate surface area is 96.2 Å². The molecule has 16 heavy (non-hydrogen) atoms. The van der Waals surface area contributed by atoms with Crippen molar-refractivity contribution in [2.75, 3.05) is 12.4 Å². The molecule has 1 rings (SSSR count). The van der Waals surface area contributed by atoms with Gasteiger partial charge in [0.25, 0.3) is 5.56 Å². The maximum atomic E-state index is 11.4. The zero-order valence-electron chi connectivity index (χ0n) is 10.4. The molecule has 4 nitrogen and oxygen atoms in total. The first-order chi connectivity index (χ1) is 7.58. The molecule has 0 saturated heterocycles. The monoisotopic (exact) mass is 224 g/mol. The fourth-order valence-corrected chi connectivity index (χ4v) is 1.45. The lowest BCUT2D eigenvalue weighted by Gasteiger charge is -2.21. The van der Waals surface area contributed by atoms with Gasteiger partial charge in [0.1, 0.15) is 0 Å². The Morgan fingerprint density at radius 1 is 1.44 bits per heavy atom. The maximum Gasteiger partial charge on any atom is 0.250 e. The van der Waals surface area contributed by atoms with Gasteiger partial charge >= 0.3 is 0 Å². The normalized spacial score (nSPS) is 14.5. The molecule has 0 aliphatic carbocycles. The van der Waals surface area contributed by atoms with E-state index in [2.05, 4.69) is 12.2 Å². The summed E-state index contributed by atoms with van der Waals surface area (Å²) in [5, 5.41) is 3.31. The lowest BCUT2D eigenvalue weighted by Crippen LogP contribution is -2.30. The summed E-state index contributed by atoms with van der Waals surface area (Å²) < 4.78 is 6.91. The van der Waals surface area contributed by atoms with Crippen LogP contribution in [-0.2, 0) is 11.3 Å². The van der Waals surface area contributed by atoms with Crippen molar-refractivity contribution in [2.24, 2.45) is 0 Å². The van der Waals surface area contributed by atoms with Crippen molar-refractivity contribution < 1.29 is 4.74 Å². The Morgan fingerprint density at radius 2 is 2.12 bits per heavy atom. The number of nitrogens with one attached hydrogen (secondary N) is 1. The van der Waals surface area contributed by atoms with Crippen LogP contribution in [0.4, 0.5) is 5.69 Å². The van der Waals surface area contributed by atoms with Crippen LogP contribution in [0.1, 0.15) is 20.8 Å². The summed E-state index contributed by atoms with van der Waals surface area (Å²) in [6.45, 7) is 6.69. The van der Waals surface area contributed by atoms with Crippen LogP contribution in [0.15, 0.2) is 23.1 Å². The van der Waals surface area contributed by atoms with Crippen molar-refractivity contribution in [3.8, 4) is 0 Å². The zero-order valence-corrected chi connectivity index (χ0v) is 10.4. The molecule has 90 valence electrons. The van der Waals surface area contributed by atoms with E-state index in [4.69, 9.17) is 4.74 Å². The second-order valence-electron chi connectivity index (χ2n) is 3.92. The van der Waals surface area contributed by atoms with Gasteiger partial charge in [-0.3, -0.25) is 4.79 Å². The van der Waals surface area contributed by atoms with Crippen LogP contribution >= 0.6 is 0 Å². The molecule has 0 spiro atoms. The molecule has 1 aromatic heterocycles. The van der Waals surface area contributed by atoms with E-state index >= 15 is 0 Å². The number of hydrogen-bond donors (Lipinski definition) is 1. The van der Waals surface area contributed by atoms with E-state index in [1.54, 1.807) is 23.8 Å². The van der Waals surface area contributed by atoms with E-state index < -0.39 is 0 Å². The van der Waals surface area contributed by atoms with Gasteiger partial charge in [0, 0.05) is 32.0 Å². The Hall–Kier alpha value is -1.29. The van der Waals surface area contributed by atoms with Gasteiger partial charge < -0.3 is 14.6 Å². The van der Waals surface area contributed by atoms with Crippen molar-refractivity contribution >= 4 is 5.69 Å². The van der Waals surface area contributed by atoms with E-state index in [9.17, 15) is 4.79 Å². The number of ether oxygens (including phenoxy) is 1. The number of hydrogen-bond acceptors (Lipinski definition) is 3. The number of aromatic nitrogens is 1. The van der Waals surface area contributed by atoms with Crippen LogP contribution < -0.4 is 10.9 Å². The second-order valence-corrected chi connectivity index (χ2v) is 3.92. The van der Waals surface area contributed by atoms with E-state index in [0.717, 1.165) is 5.69 Å². The molecular formula is C12H20N2O2. The Balaban J connectivity index is 2.78. The number of pyridine rings is 1. The molecular weight excluding hydrogens is 204 g/mol. The van der Waals surface area contributed by atoms with Crippen molar-refractivity contribution in [3.63, 3.8) is 0 Å². The molecule has 0 bridgehead atoms. The minimum absolute atomic E-state index is 0.0282. The lowest BCUT2D eigenvalue weighted by atomic mass is 10.2. The molecule has 0 aliphatic heterocycles. The van der Waals surface area contributed by atoms with Gasteiger partial charge in [-0.1, -0.05) is 0 Å². The van der Waals surface area contributed by atoms with E-state index in [0.29, 0.717) is 6.54 Å². The van der Waals surface area contributed by atoms with Crippen LogP contribution in [0.25, 0.3) is 0 Å². The Morgan fingerprint density at radius 3 is 2.69 bits per heavy atom. The highest BCUT2D eigenvalue weighted by atomic mass is 16.5. The van der Waals surface area contributed by atoms with Gasteiger partial charge in [0.05, 0.1) is 11.8 Å². The number of anilines is 1. The topological polar surface area (TPSA) is 43.3 Å². The summed E-state index contributed by atoms with van der Waals surface area (Å²) >= 11 is 0. The highest BCUT2D eigenvalue weighted by molar-refractivity contribution is 5.41. The smallest absolute Gasteiger partial charge is 0.250 e. The molecule has 1 N–H and O–H groups in total. The molecule has 0 aromatic carbocycles. The van der Waals surface area contributed by atoms with Gasteiger partial charge in [-0.05, 0) is 26.8 Å². The summed E-state index contributed by atoms with van der Waals surface area (Å²) in [6, 6.07) is 3.58. The summed E-state index contributed by atoms with van der Waals surface area (Å²) in [4.78, 5) is 11.4. The Bertz CT molecular complexity index is 387. The van der Waals surface area contributed by atoms with E-state index in [-0.39, 0.29) is 17.7 Å². The molecule has 0 radical (unpaired) electrons. The van der Waals surface area contributed by atoms with E-state index in [1.165, 1.54) is 0 Å². The second kappa shape index (κ2) is 5.70. The first kappa shape index (κ1) is 12.8. The van der Waals surface area contributed by atoms with Crippen molar-refractivity contribution in [2.45, 2.75) is 39.5 Å². The molecule has 2 unspecified atom stereocenters. The minimum atomic E-state index is 0.0282. The molecule has 0 fully saturated rings. The fraction of sp³-hybridized carbons (Fsp3) is 0.583. The molecule has 4 heteroatoms. The minimum Gasteiger partial charge on any atom is -0.380 e. The van der Waals surface area contributed by atoms with Crippen LogP contribution in [0.5, 0.6) is 0 Å². The zero-order chi connectivity index (χ0) is 12.1. The maximum absolute atomic E-state index is 11.4. The molecule has 0 saturated carbocycles. The van der Waals surface area contributed by atoms with Gasteiger partial charge in [0.15, 0.2) is 0 Å². The number of aryl methyl sites for hydroxylation is 1. The predicted molar refractivity (Wildman–Crippen MR) is 65.9 cm³/mol. The van der Waals surface area contributed by atoms with Crippen molar-refractivity contribution in [3.05, 3.63) is 28.7 Å². The van der Waals surface area contributed by atoms with Gasteiger partial charge in [-0.25, -0.2) is 0 Å². The molecule has 0 amide bonds. The van der Waals surface area contributed by atoms with Crippen LogP contribution in [0.3, 0.4) is 0 Å². The molecule has 0 aliphatic rings. The lowest BCUT2D eigenvalue weighted by molar-refractivity contribution is 0.106. The number of methoxy groups -OCH3 is 1. The highest BCUT2D eigenvalue weighted by Crippen LogP contribution is 2.08. The SMILES string of the molecule is CCn1cc(NC(C)C(C)OC)ccc1=O. The Kier molecular flexibility index (Phi) is 4.55. The first-order valence-electron chi connectivity index (χ1n) is 5.58. The average molecular weight is 224 g/mol. The van der Waals surface area contributed by atoms with Crippen LogP contribution in [0, 0.1) is 0 Å². The summed E-state index contributed by atoms with van der Waals surface area (Å²) in [6.07, 6.45) is 1.96. The van der Waals surface area contributed by atoms with Crippen LogP contribution in [-0.4, -0.2) is 23.8 Å². The van der Waals surface area contributed by atoms with Crippen LogP contribution in [0.2, 0.25) is 0 Å². The summed E-state index contributed by atoms with van der Waals surface area (Å²) in [7, 11) is 1.69. The fourth-order valence-electron chi connectivity index (χ4n) is 1.45. The molecule has 1 heterocycles. The first-order valence-corrected chi connectivity index (χ1v) is 5.58. The highest BCUT2D eigenvalue weighted by Gasteiger charge is 2.10. The molecule has 2 atom stereocenters. The third-order valence-corrected chi connectivity index (χ3v) is 2.79. The third kappa shape index (κ3) is 3.10. The quantitative estimate of drug-likeness (QED) is 0.828. The summed E-state index contributed by atoms with van der Waals surface area (Å²) in [5.41, 5.74) is 0.971. The largest absolute Gasteiger partial charge is 0.380 e. The third-order valence-electron chi connectivity index (χ3n) is 2.79. The van der Waals surface area contributed by atoms with E-state index in [1.807, 2.05) is 20.0 Å². The van der Waals surface area contributed by atoms with Crippen molar-refractivity contribution in [1.29, 1.82) is 0 Å². The van der Waals surface area contributed by atoms with Gasteiger partial charge in [0.2, 0.25) is 0 Å².